The second kappa shape index (κ2) is 8.19. The summed E-state index contributed by atoms with van der Waals surface area (Å²) in [4.78, 5) is 21.9. The molecular formula is C13H22N4O3. The first-order valence-corrected chi connectivity index (χ1v) is 6.77. The number of carboxylic acid groups (broad SMARTS) is 1. The van der Waals surface area contributed by atoms with E-state index in [0.29, 0.717) is 25.9 Å². The zero-order chi connectivity index (χ0) is 15.0. The molecule has 0 atom stereocenters. The predicted octanol–water partition coefficient (Wildman–Crippen LogP) is 1.04. The Kier molecular flexibility index (Phi) is 6.55. The predicted molar refractivity (Wildman–Crippen MR) is 74.3 cm³/mol. The standard InChI is InChI=1S/C13H22N4O3/c1-3-11-10(9-17(2)16-11)8-15-13(20)14-7-5-4-6-12(18)19/h9H,3-8H2,1-2H3,(H,18,19)(H2,14,15,20). The van der Waals surface area contributed by atoms with Crippen LogP contribution in [0.4, 0.5) is 4.79 Å². The van der Waals surface area contributed by atoms with Gasteiger partial charge in [-0.3, -0.25) is 9.48 Å². The summed E-state index contributed by atoms with van der Waals surface area (Å²) in [6.07, 6.45) is 4.09. The maximum Gasteiger partial charge on any atom is 0.315 e. The van der Waals surface area contributed by atoms with Crippen molar-refractivity contribution in [1.82, 2.24) is 20.4 Å². The van der Waals surface area contributed by atoms with Gasteiger partial charge in [0.05, 0.1) is 5.69 Å². The number of nitrogens with one attached hydrogen (secondary N) is 2. The van der Waals surface area contributed by atoms with Crippen molar-refractivity contribution in [3.63, 3.8) is 0 Å². The van der Waals surface area contributed by atoms with Gasteiger partial charge in [-0.15, -0.1) is 0 Å². The van der Waals surface area contributed by atoms with Crippen molar-refractivity contribution in [3.8, 4) is 0 Å². The fourth-order valence-corrected chi connectivity index (χ4v) is 1.87. The smallest absolute Gasteiger partial charge is 0.315 e. The fourth-order valence-electron chi connectivity index (χ4n) is 1.87. The second-order valence-corrected chi connectivity index (χ2v) is 4.59. The molecular weight excluding hydrogens is 260 g/mol. The summed E-state index contributed by atoms with van der Waals surface area (Å²) in [6, 6.07) is -0.244. The Morgan fingerprint density at radius 2 is 2.10 bits per heavy atom. The number of aliphatic carboxylic acids is 1. The lowest BCUT2D eigenvalue weighted by Gasteiger charge is -2.07. The van der Waals surface area contributed by atoms with E-state index in [9.17, 15) is 9.59 Å². The Labute approximate surface area is 118 Å². The molecule has 1 aromatic rings. The average molecular weight is 282 g/mol. The minimum Gasteiger partial charge on any atom is -0.481 e. The Morgan fingerprint density at radius 1 is 1.35 bits per heavy atom. The molecule has 0 fully saturated rings. The van der Waals surface area contributed by atoms with Gasteiger partial charge in [-0.1, -0.05) is 6.92 Å². The lowest BCUT2D eigenvalue weighted by atomic mass is 10.2. The van der Waals surface area contributed by atoms with E-state index in [1.165, 1.54) is 0 Å². The summed E-state index contributed by atoms with van der Waals surface area (Å²) in [6.45, 7) is 2.94. The van der Waals surface area contributed by atoms with Gasteiger partial charge < -0.3 is 15.7 Å². The van der Waals surface area contributed by atoms with Crippen molar-refractivity contribution < 1.29 is 14.7 Å². The van der Waals surface area contributed by atoms with E-state index in [0.717, 1.165) is 17.7 Å². The van der Waals surface area contributed by atoms with Crippen LogP contribution in [0.3, 0.4) is 0 Å². The molecule has 0 aliphatic rings. The number of carbonyl (C=O) groups excluding carboxylic acids is 1. The number of hydrogen-bond donors (Lipinski definition) is 3. The quantitative estimate of drug-likeness (QED) is 0.621. The van der Waals surface area contributed by atoms with E-state index in [2.05, 4.69) is 15.7 Å². The Bertz CT molecular complexity index is 456. The van der Waals surface area contributed by atoms with E-state index in [1.807, 2.05) is 20.2 Å². The van der Waals surface area contributed by atoms with Crippen molar-refractivity contribution >= 4 is 12.0 Å². The molecule has 2 amide bonds. The number of aryl methyl sites for hydroxylation is 2. The van der Waals surface area contributed by atoms with Crippen LogP contribution in [-0.4, -0.2) is 33.4 Å². The van der Waals surface area contributed by atoms with Gasteiger partial charge in [0.25, 0.3) is 0 Å². The molecule has 0 spiro atoms. The fraction of sp³-hybridized carbons (Fsp3) is 0.615. The zero-order valence-corrected chi connectivity index (χ0v) is 12.0. The van der Waals surface area contributed by atoms with E-state index in [-0.39, 0.29) is 12.5 Å². The molecule has 0 aliphatic heterocycles. The maximum absolute atomic E-state index is 11.6. The summed E-state index contributed by atoms with van der Waals surface area (Å²) in [5.41, 5.74) is 1.99. The summed E-state index contributed by atoms with van der Waals surface area (Å²) in [5, 5.41) is 18.2. The third-order valence-corrected chi connectivity index (χ3v) is 2.87. The van der Waals surface area contributed by atoms with Crippen molar-refractivity contribution in [2.45, 2.75) is 39.2 Å². The molecule has 0 aliphatic carbocycles. The van der Waals surface area contributed by atoms with Gasteiger partial charge in [-0.2, -0.15) is 5.10 Å². The number of nitrogens with zero attached hydrogens (tertiary/aromatic N) is 2. The summed E-state index contributed by atoms with van der Waals surface area (Å²) < 4.78 is 1.74. The van der Waals surface area contributed by atoms with E-state index in [1.54, 1.807) is 4.68 Å². The number of urea groups is 1. The van der Waals surface area contributed by atoms with Crippen LogP contribution in [0.2, 0.25) is 0 Å². The molecule has 0 bridgehead atoms. The van der Waals surface area contributed by atoms with Crippen molar-refractivity contribution in [3.05, 3.63) is 17.5 Å². The first-order valence-electron chi connectivity index (χ1n) is 6.77. The number of carbonyl (C=O) groups is 2. The van der Waals surface area contributed by atoms with E-state index in [4.69, 9.17) is 5.11 Å². The SMILES string of the molecule is CCc1nn(C)cc1CNC(=O)NCCCCC(=O)O. The van der Waals surface area contributed by atoms with Gasteiger partial charge in [0, 0.05) is 38.3 Å². The van der Waals surface area contributed by atoms with Gasteiger partial charge in [0.15, 0.2) is 0 Å². The van der Waals surface area contributed by atoms with E-state index < -0.39 is 5.97 Å². The molecule has 7 nitrogen and oxygen atoms in total. The van der Waals surface area contributed by atoms with Crippen LogP contribution in [0, 0.1) is 0 Å². The summed E-state index contributed by atoms with van der Waals surface area (Å²) >= 11 is 0. The van der Waals surface area contributed by atoms with Crippen molar-refractivity contribution in [2.75, 3.05) is 6.54 Å². The Hall–Kier alpha value is -2.05. The molecule has 0 aromatic carbocycles. The van der Waals surface area contributed by atoms with E-state index >= 15 is 0 Å². The number of hydrogen-bond acceptors (Lipinski definition) is 3. The highest BCUT2D eigenvalue weighted by atomic mass is 16.4. The molecule has 20 heavy (non-hydrogen) atoms. The van der Waals surface area contributed by atoms with Gasteiger partial charge in [0.2, 0.25) is 0 Å². The highest BCUT2D eigenvalue weighted by Gasteiger charge is 2.07. The van der Waals surface area contributed by atoms with Crippen LogP contribution >= 0.6 is 0 Å². The Balaban J connectivity index is 2.21. The lowest BCUT2D eigenvalue weighted by Crippen LogP contribution is -2.35. The van der Waals surface area contributed by atoms with Gasteiger partial charge in [0.1, 0.15) is 0 Å². The number of unbranched alkanes of at least 4 members (excludes halogenated alkanes) is 1. The molecule has 1 aromatic heterocycles. The Morgan fingerprint density at radius 3 is 2.75 bits per heavy atom. The van der Waals surface area contributed by atoms with Crippen molar-refractivity contribution in [2.24, 2.45) is 7.05 Å². The maximum atomic E-state index is 11.6. The first-order chi connectivity index (χ1) is 9.52. The molecule has 112 valence electrons. The van der Waals surface area contributed by atoms with Gasteiger partial charge in [-0.25, -0.2) is 4.79 Å². The molecule has 3 N–H and O–H groups in total. The highest BCUT2D eigenvalue weighted by molar-refractivity contribution is 5.73. The minimum absolute atomic E-state index is 0.138. The number of carboxylic acids is 1. The summed E-state index contributed by atoms with van der Waals surface area (Å²) in [5.74, 6) is -0.807. The third-order valence-electron chi connectivity index (χ3n) is 2.87. The molecule has 1 heterocycles. The number of rotatable bonds is 8. The third kappa shape index (κ3) is 5.73. The normalized spacial score (nSPS) is 10.3. The molecule has 0 saturated carbocycles. The van der Waals surface area contributed by atoms with Crippen LogP contribution in [0.25, 0.3) is 0 Å². The van der Waals surface area contributed by atoms with Gasteiger partial charge >= 0.3 is 12.0 Å². The van der Waals surface area contributed by atoms with Gasteiger partial charge in [-0.05, 0) is 19.3 Å². The zero-order valence-electron chi connectivity index (χ0n) is 12.0. The molecule has 0 unspecified atom stereocenters. The number of aromatic nitrogens is 2. The molecule has 0 saturated heterocycles. The van der Waals surface area contributed by atoms with Crippen molar-refractivity contribution in [1.29, 1.82) is 0 Å². The van der Waals surface area contributed by atoms with Crippen LogP contribution in [0.1, 0.15) is 37.4 Å². The van der Waals surface area contributed by atoms with Crippen LogP contribution in [0.5, 0.6) is 0 Å². The highest BCUT2D eigenvalue weighted by Crippen LogP contribution is 2.06. The minimum atomic E-state index is -0.807. The number of amides is 2. The van der Waals surface area contributed by atoms with Crippen LogP contribution in [-0.2, 0) is 24.8 Å². The molecule has 0 radical (unpaired) electrons. The molecule has 7 heteroatoms. The van der Waals surface area contributed by atoms with Crippen LogP contribution < -0.4 is 10.6 Å². The summed E-state index contributed by atoms with van der Waals surface area (Å²) in [7, 11) is 1.85. The second-order valence-electron chi connectivity index (χ2n) is 4.59. The first kappa shape index (κ1) is 16.0. The average Bonchev–Trinajstić information content (AvgIpc) is 2.76. The molecule has 1 rings (SSSR count). The lowest BCUT2D eigenvalue weighted by molar-refractivity contribution is -0.137. The monoisotopic (exact) mass is 282 g/mol. The topological polar surface area (TPSA) is 96.3 Å². The largest absolute Gasteiger partial charge is 0.481 e. The van der Waals surface area contributed by atoms with Crippen LogP contribution in [0.15, 0.2) is 6.20 Å².